The van der Waals surface area contributed by atoms with E-state index in [2.05, 4.69) is 5.32 Å². The molecular weight excluding hydrogens is 322 g/mol. The van der Waals surface area contributed by atoms with Crippen LogP contribution in [0.25, 0.3) is 0 Å². The maximum atomic E-state index is 10.7. The molecule has 0 unspecified atom stereocenters. The summed E-state index contributed by atoms with van der Waals surface area (Å²) in [6, 6.07) is 15.8. The van der Waals surface area contributed by atoms with Crippen LogP contribution in [0.15, 0.2) is 48.5 Å². The number of nitrogens with one attached hydrogen (secondary N) is 1. The number of benzene rings is 2. The summed E-state index contributed by atoms with van der Waals surface area (Å²) in [4.78, 5) is 0. The van der Waals surface area contributed by atoms with E-state index in [1.54, 1.807) is 0 Å². The Morgan fingerprint density at radius 2 is 2.00 bits per heavy atom. The number of aryl methyl sites for hydroxylation is 1. The van der Waals surface area contributed by atoms with Crippen molar-refractivity contribution in [3.8, 4) is 5.75 Å². The predicted molar refractivity (Wildman–Crippen MR) is 97.5 cm³/mol. The van der Waals surface area contributed by atoms with Gasteiger partial charge in [0.05, 0.1) is 0 Å². The monoisotopic (exact) mass is 345 g/mol. The van der Waals surface area contributed by atoms with Crippen LogP contribution in [0.3, 0.4) is 0 Å². The van der Waals surface area contributed by atoms with Crippen LogP contribution in [0, 0.1) is 6.92 Å². The van der Waals surface area contributed by atoms with Crippen LogP contribution in [0.5, 0.6) is 5.75 Å². The first-order valence-corrected chi connectivity index (χ1v) is 8.89. The molecule has 1 aliphatic rings. The van der Waals surface area contributed by atoms with Gasteiger partial charge in [-0.3, -0.25) is 0 Å². The summed E-state index contributed by atoms with van der Waals surface area (Å²) in [6.07, 6.45) is 2.15. The van der Waals surface area contributed by atoms with Gasteiger partial charge in [-0.25, -0.2) is 0 Å². The van der Waals surface area contributed by atoms with Crippen molar-refractivity contribution in [1.82, 2.24) is 5.32 Å². The van der Waals surface area contributed by atoms with Crippen molar-refractivity contribution in [2.24, 2.45) is 0 Å². The van der Waals surface area contributed by atoms with Gasteiger partial charge in [-0.1, -0.05) is 41.9 Å². The lowest BCUT2D eigenvalue weighted by Crippen LogP contribution is -2.50. The van der Waals surface area contributed by atoms with E-state index >= 15 is 0 Å². The van der Waals surface area contributed by atoms with E-state index in [4.69, 9.17) is 16.3 Å². The first kappa shape index (κ1) is 17.3. The third-order valence-corrected chi connectivity index (χ3v) is 4.96. The number of hydrogen-bond donors (Lipinski definition) is 2. The van der Waals surface area contributed by atoms with E-state index < -0.39 is 6.10 Å². The second kappa shape index (κ2) is 8.02. The zero-order chi connectivity index (χ0) is 16.9. The molecule has 0 amide bonds. The smallest absolute Gasteiger partial charge is 0.126 e. The molecule has 0 aromatic heterocycles. The van der Waals surface area contributed by atoms with Crippen LogP contribution in [-0.2, 0) is 6.54 Å². The highest BCUT2D eigenvalue weighted by Gasteiger charge is 2.33. The van der Waals surface area contributed by atoms with Crippen molar-refractivity contribution < 1.29 is 9.84 Å². The van der Waals surface area contributed by atoms with Crippen molar-refractivity contribution in [2.45, 2.75) is 51.0 Å². The van der Waals surface area contributed by atoms with E-state index in [0.717, 1.165) is 41.2 Å². The average molecular weight is 346 g/mol. The Hall–Kier alpha value is -1.55. The fourth-order valence-electron chi connectivity index (χ4n) is 3.24. The number of hydrogen-bond acceptors (Lipinski definition) is 3. The van der Waals surface area contributed by atoms with E-state index in [-0.39, 0.29) is 12.1 Å². The molecule has 128 valence electrons. The van der Waals surface area contributed by atoms with Gasteiger partial charge < -0.3 is 15.2 Å². The second-order valence-corrected chi connectivity index (χ2v) is 6.88. The van der Waals surface area contributed by atoms with Crippen molar-refractivity contribution >= 4 is 11.6 Å². The molecular formula is C20H24ClNO2. The lowest BCUT2D eigenvalue weighted by Gasteiger charge is -2.35. The molecule has 3 nitrogen and oxygen atoms in total. The highest BCUT2D eigenvalue weighted by atomic mass is 35.5. The molecule has 4 heteroatoms. The Morgan fingerprint density at radius 3 is 2.79 bits per heavy atom. The number of rotatable bonds is 5. The van der Waals surface area contributed by atoms with Gasteiger partial charge >= 0.3 is 0 Å². The van der Waals surface area contributed by atoms with Crippen LogP contribution in [0.2, 0.25) is 5.02 Å². The maximum absolute atomic E-state index is 10.7. The quantitative estimate of drug-likeness (QED) is 0.857. The molecule has 0 radical (unpaired) electrons. The van der Waals surface area contributed by atoms with Crippen LogP contribution in [0.4, 0.5) is 0 Å². The van der Waals surface area contributed by atoms with Crippen LogP contribution in [-0.4, -0.2) is 23.4 Å². The van der Waals surface area contributed by atoms with E-state index in [1.165, 1.54) is 0 Å². The zero-order valence-corrected chi connectivity index (χ0v) is 14.7. The Morgan fingerprint density at radius 1 is 1.17 bits per heavy atom. The molecule has 0 bridgehead atoms. The van der Waals surface area contributed by atoms with Crippen molar-refractivity contribution in [3.05, 3.63) is 64.7 Å². The molecule has 3 rings (SSSR count). The minimum atomic E-state index is -0.526. The Kier molecular flexibility index (Phi) is 5.77. The highest BCUT2D eigenvalue weighted by Crippen LogP contribution is 2.25. The third kappa shape index (κ3) is 4.29. The number of aliphatic hydroxyl groups excluding tert-OH is 1. The second-order valence-electron chi connectivity index (χ2n) is 6.47. The molecule has 2 N–H and O–H groups in total. The van der Waals surface area contributed by atoms with Crippen LogP contribution in [0.1, 0.15) is 30.4 Å². The fourth-order valence-corrected chi connectivity index (χ4v) is 3.44. The molecule has 3 atom stereocenters. The summed E-state index contributed by atoms with van der Waals surface area (Å²) < 4.78 is 6.04. The number of aliphatic hydroxyl groups is 1. The van der Waals surface area contributed by atoms with Gasteiger partial charge in [-0.05, 0) is 55.5 Å². The minimum Gasteiger partial charge on any atom is -0.488 e. The molecule has 0 spiro atoms. The topological polar surface area (TPSA) is 41.5 Å². The first-order chi connectivity index (χ1) is 11.6. The van der Waals surface area contributed by atoms with Gasteiger partial charge in [0, 0.05) is 17.6 Å². The lowest BCUT2D eigenvalue weighted by atomic mass is 9.89. The summed E-state index contributed by atoms with van der Waals surface area (Å²) in [7, 11) is 0. The van der Waals surface area contributed by atoms with Gasteiger partial charge in [-0.2, -0.15) is 0 Å². The summed E-state index contributed by atoms with van der Waals surface area (Å²) in [6.45, 7) is 2.69. The zero-order valence-electron chi connectivity index (χ0n) is 13.9. The van der Waals surface area contributed by atoms with Crippen molar-refractivity contribution in [1.29, 1.82) is 0 Å². The van der Waals surface area contributed by atoms with Crippen LogP contribution >= 0.6 is 11.6 Å². The molecule has 0 heterocycles. The van der Waals surface area contributed by atoms with E-state index in [0.29, 0.717) is 6.54 Å². The van der Waals surface area contributed by atoms with Gasteiger partial charge in [0.2, 0.25) is 0 Å². The molecule has 2 aromatic rings. The lowest BCUT2D eigenvalue weighted by molar-refractivity contribution is -0.0157. The Labute approximate surface area is 148 Å². The number of ether oxygens (including phenoxy) is 1. The normalized spacial score (nSPS) is 23.9. The minimum absolute atomic E-state index is 0.0184. The molecule has 1 fully saturated rings. The number of halogens is 1. The SMILES string of the molecule is Cc1cccc(O[C@@H]2CCC[C@H](NCc3ccccc3Cl)[C@H]2O)c1. The van der Waals surface area contributed by atoms with Crippen LogP contribution < -0.4 is 10.1 Å². The molecule has 2 aromatic carbocycles. The predicted octanol–water partition coefficient (Wildman–Crippen LogP) is 4.10. The Bertz CT molecular complexity index is 676. The van der Waals surface area contributed by atoms with Gasteiger partial charge in [0.15, 0.2) is 0 Å². The van der Waals surface area contributed by atoms with E-state index in [1.807, 2.05) is 55.5 Å². The molecule has 1 saturated carbocycles. The van der Waals surface area contributed by atoms with Crippen molar-refractivity contribution in [2.75, 3.05) is 0 Å². The van der Waals surface area contributed by atoms with Gasteiger partial charge in [-0.15, -0.1) is 0 Å². The van der Waals surface area contributed by atoms with E-state index in [9.17, 15) is 5.11 Å². The molecule has 1 aliphatic carbocycles. The molecule has 24 heavy (non-hydrogen) atoms. The van der Waals surface area contributed by atoms with Gasteiger partial charge in [0.25, 0.3) is 0 Å². The first-order valence-electron chi connectivity index (χ1n) is 8.51. The fraction of sp³-hybridized carbons (Fsp3) is 0.400. The van der Waals surface area contributed by atoms with Gasteiger partial charge in [0.1, 0.15) is 18.0 Å². The molecule has 0 saturated heterocycles. The summed E-state index contributed by atoms with van der Waals surface area (Å²) in [5.41, 5.74) is 2.21. The average Bonchev–Trinajstić information content (AvgIpc) is 2.57. The Balaban J connectivity index is 1.60. The molecule has 0 aliphatic heterocycles. The summed E-state index contributed by atoms with van der Waals surface area (Å²) in [5, 5.41) is 14.9. The maximum Gasteiger partial charge on any atom is 0.126 e. The third-order valence-electron chi connectivity index (χ3n) is 4.59. The highest BCUT2D eigenvalue weighted by molar-refractivity contribution is 6.31. The van der Waals surface area contributed by atoms with Crippen molar-refractivity contribution in [3.63, 3.8) is 0 Å². The summed E-state index contributed by atoms with van der Waals surface area (Å²) >= 11 is 6.20. The largest absolute Gasteiger partial charge is 0.488 e. The standard InChI is InChI=1S/C20H24ClNO2/c1-14-6-4-8-16(12-14)24-19-11-5-10-18(20(19)23)22-13-15-7-2-3-9-17(15)21/h2-4,6-9,12,18-20,22-23H,5,10-11,13H2,1H3/t18-,19+,20+/m0/s1. The summed E-state index contributed by atoms with van der Waals surface area (Å²) in [5.74, 6) is 0.825.